The van der Waals surface area contributed by atoms with E-state index < -0.39 is 5.63 Å². The van der Waals surface area contributed by atoms with Gasteiger partial charge in [-0.1, -0.05) is 36.4 Å². The average Bonchev–Trinajstić information content (AvgIpc) is 2.67. The molecule has 0 fully saturated rings. The Labute approximate surface area is 148 Å². The third kappa shape index (κ3) is 2.28. The van der Waals surface area contributed by atoms with Crippen LogP contribution in [0.1, 0.15) is 5.56 Å². The first-order valence-corrected chi connectivity index (χ1v) is 7.90. The highest BCUT2D eigenvalue weighted by Gasteiger charge is 2.19. The minimum absolute atomic E-state index is 0.0209. The fourth-order valence-corrected chi connectivity index (χ4v) is 3.16. The van der Waals surface area contributed by atoms with Gasteiger partial charge < -0.3 is 14.3 Å². The number of benzene rings is 3. The van der Waals surface area contributed by atoms with Crippen LogP contribution in [-0.4, -0.2) is 12.2 Å². The first kappa shape index (κ1) is 15.7. The van der Waals surface area contributed by atoms with Crippen LogP contribution in [0.15, 0.2) is 63.8 Å². The van der Waals surface area contributed by atoms with Crippen molar-refractivity contribution in [2.24, 2.45) is 0 Å². The number of nitrogens with zero attached hydrogens (tertiary/aromatic N) is 1. The first-order chi connectivity index (χ1) is 12.6. The highest BCUT2D eigenvalue weighted by atomic mass is 16.5. The quantitative estimate of drug-likeness (QED) is 0.436. The van der Waals surface area contributed by atoms with E-state index in [4.69, 9.17) is 9.15 Å². The molecule has 4 aromatic rings. The molecule has 1 heterocycles. The molecule has 0 aliphatic rings. The van der Waals surface area contributed by atoms with Crippen molar-refractivity contribution in [2.45, 2.75) is 0 Å². The lowest BCUT2D eigenvalue weighted by Crippen LogP contribution is -2.07. The predicted molar refractivity (Wildman–Crippen MR) is 98.4 cm³/mol. The van der Waals surface area contributed by atoms with Gasteiger partial charge in [-0.15, -0.1) is 0 Å². The number of aromatic hydroxyl groups is 1. The highest BCUT2D eigenvalue weighted by molar-refractivity contribution is 6.09. The van der Waals surface area contributed by atoms with E-state index in [1.165, 1.54) is 13.2 Å². The molecule has 0 aliphatic heterocycles. The molecule has 0 saturated heterocycles. The summed E-state index contributed by atoms with van der Waals surface area (Å²) in [6, 6.07) is 18.0. The van der Waals surface area contributed by atoms with Gasteiger partial charge in [0.1, 0.15) is 17.2 Å². The maximum absolute atomic E-state index is 12.5. The Bertz CT molecular complexity index is 1260. The van der Waals surface area contributed by atoms with E-state index >= 15 is 0 Å². The molecule has 1 N–H and O–H groups in total. The van der Waals surface area contributed by atoms with Gasteiger partial charge in [0.2, 0.25) is 0 Å². The molecule has 0 aliphatic carbocycles. The van der Waals surface area contributed by atoms with E-state index in [0.29, 0.717) is 22.1 Å². The minimum atomic E-state index is -0.696. The zero-order valence-electron chi connectivity index (χ0n) is 13.8. The van der Waals surface area contributed by atoms with E-state index in [1.54, 1.807) is 12.1 Å². The van der Waals surface area contributed by atoms with Gasteiger partial charge in [-0.05, 0) is 29.1 Å². The number of rotatable bonds is 2. The Morgan fingerprint density at radius 2 is 1.88 bits per heavy atom. The topological polar surface area (TPSA) is 83.5 Å². The summed E-state index contributed by atoms with van der Waals surface area (Å²) in [7, 11) is 1.44. The summed E-state index contributed by atoms with van der Waals surface area (Å²) in [6.07, 6.45) is 0. The van der Waals surface area contributed by atoms with Crippen molar-refractivity contribution in [3.8, 4) is 28.7 Å². The highest BCUT2D eigenvalue weighted by Crippen LogP contribution is 2.37. The monoisotopic (exact) mass is 343 g/mol. The molecule has 0 saturated carbocycles. The summed E-state index contributed by atoms with van der Waals surface area (Å²) in [5.41, 5.74) is 0.695. The molecule has 0 amide bonds. The van der Waals surface area contributed by atoms with Crippen LogP contribution in [0.25, 0.3) is 32.9 Å². The summed E-state index contributed by atoms with van der Waals surface area (Å²) in [5, 5.41) is 21.7. The number of hydrogen-bond donors (Lipinski definition) is 1. The van der Waals surface area contributed by atoms with Crippen molar-refractivity contribution in [3.63, 3.8) is 0 Å². The molecule has 26 heavy (non-hydrogen) atoms. The average molecular weight is 343 g/mol. The summed E-state index contributed by atoms with van der Waals surface area (Å²) in [5.74, 6) is 0.237. The molecule has 1 aromatic heterocycles. The lowest BCUT2D eigenvalue weighted by atomic mass is 9.95. The van der Waals surface area contributed by atoms with Gasteiger partial charge in [-0.2, -0.15) is 5.26 Å². The second kappa shape index (κ2) is 5.94. The number of ether oxygens (including phenoxy) is 1. The van der Waals surface area contributed by atoms with Crippen LogP contribution >= 0.6 is 0 Å². The number of fused-ring (bicyclic) bond motifs is 3. The van der Waals surface area contributed by atoms with Crippen LogP contribution < -0.4 is 10.4 Å². The normalized spacial score (nSPS) is 10.8. The molecule has 5 nitrogen and oxygen atoms in total. The summed E-state index contributed by atoms with van der Waals surface area (Å²) >= 11 is 0. The van der Waals surface area contributed by atoms with Gasteiger partial charge in [0.05, 0.1) is 7.11 Å². The Morgan fingerprint density at radius 3 is 2.65 bits per heavy atom. The summed E-state index contributed by atoms with van der Waals surface area (Å²) in [6.45, 7) is 0. The molecule has 0 radical (unpaired) electrons. The molecule has 5 heteroatoms. The Kier molecular flexibility index (Phi) is 3.59. The standard InChI is InChI=1S/C21H13NO4/c1-25-18-10-13(7-9-17(18)23)19-15-8-6-12-4-2-3-5-14(12)20(15)26-21(24)16(19)11-22/h2-10,23H,1H3. The van der Waals surface area contributed by atoms with Crippen molar-refractivity contribution in [3.05, 3.63) is 70.6 Å². The second-order valence-corrected chi connectivity index (χ2v) is 5.80. The number of hydrogen-bond acceptors (Lipinski definition) is 5. The van der Waals surface area contributed by atoms with Gasteiger partial charge >= 0.3 is 5.63 Å². The van der Waals surface area contributed by atoms with Crippen LogP contribution in [0.3, 0.4) is 0 Å². The molecular formula is C21H13NO4. The molecule has 3 aromatic carbocycles. The molecular weight excluding hydrogens is 330 g/mol. The van der Waals surface area contributed by atoms with E-state index in [0.717, 1.165) is 10.8 Å². The smallest absolute Gasteiger partial charge is 0.354 e. The van der Waals surface area contributed by atoms with Crippen molar-refractivity contribution in [2.75, 3.05) is 7.11 Å². The molecule has 0 unspecified atom stereocenters. The molecule has 0 spiro atoms. The Morgan fingerprint density at radius 1 is 1.08 bits per heavy atom. The number of nitriles is 1. The zero-order chi connectivity index (χ0) is 18.3. The van der Waals surface area contributed by atoms with E-state index in [-0.39, 0.29) is 17.1 Å². The SMILES string of the molecule is COc1cc(-c2c(C#N)c(=O)oc3c2ccc2ccccc23)ccc1O. The fraction of sp³-hybridized carbons (Fsp3) is 0.0476. The van der Waals surface area contributed by atoms with Crippen LogP contribution in [-0.2, 0) is 0 Å². The fourth-order valence-electron chi connectivity index (χ4n) is 3.16. The minimum Gasteiger partial charge on any atom is -0.504 e. The maximum atomic E-state index is 12.5. The maximum Gasteiger partial charge on any atom is 0.354 e. The third-order valence-electron chi connectivity index (χ3n) is 4.38. The van der Waals surface area contributed by atoms with Gasteiger partial charge in [0.25, 0.3) is 0 Å². The molecule has 4 rings (SSSR count). The van der Waals surface area contributed by atoms with Gasteiger partial charge in [0, 0.05) is 16.3 Å². The first-order valence-electron chi connectivity index (χ1n) is 7.90. The lowest BCUT2D eigenvalue weighted by molar-refractivity contribution is 0.373. The molecule has 0 bridgehead atoms. The Balaban J connectivity index is 2.18. The van der Waals surface area contributed by atoms with E-state index in [9.17, 15) is 15.2 Å². The summed E-state index contributed by atoms with van der Waals surface area (Å²) in [4.78, 5) is 12.5. The van der Waals surface area contributed by atoms with Crippen molar-refractivity contribution >= 4 is 21.7 Å². The van der Waals surface area contributed by atoms with Gasteiger partial charge in [0.15, 0.2) is 11.5 Å². The van der Waals surface area contributed by atoms with Gasteiger partial charge in [-0.3, -0.25) is 0 Å². The largest absolute Gasteiger partial charge is 0.504 e. The number of phenols is 1. The Hall–Kier alpha value is -3.78. The zero-order valence-corrected chi connectivity index (χ0v) is 13.8. The van der Waals surface area contributed by atoms with Crippen LogP contribution in [0.5, 0.6) is 11.5 Å². The van der Waals surface area contributed by atoms with Crippen LogP contribution in [0.4, 0.5) is 0 Å². The van der Waals surface area contributed by atoms with Crippen LogP contribution in [0, 0.1) is 11.3 Å². The van der Waals surface area contributed by atoms with E-state index in [2.05, 4.69) is 0 Å². The van der Waals surface area contributed by atoms with Gasteiger partial charge in [-0.25, -0.2) is 4.79 Å². The number of methoxy groups -OCH3 is 1. The third-order valence-corrected chi connectivity index (χ3v) is 4.38. The second-order valence-electron chi connectivity index (χ2n) is 5.80. The van der Waals surface area contributed by atoms with Crippen LogP contribution in [0.2, 0.25) is 0 Å². The summed E-state index contributed by atoms with van der Waals surface area (Å²) < 4.78 is 10.6. The molecule has 126 valence electrons. The van der Waals surface area contributed by atoms with Crippen molar-refractivity contribution < 1.29 is 14.3 Å². The lowest BCUT2D eigenvalue weighted by Gasteiger charge is -2.11. The van der Waals surface area contributed by atoms with Crippen molar-refractivity contribution in [1.29, 1.82) is 5.26 Å². The molecule has 0 atom stereocenters. The van der Waals surface area contributed by atoms with E-state index in [1.807, 2.05) is 42.5 Å². The van der Waals surface area contributed by atoms with Crippen molar-refractivity contribution in [1.82, 2.24) is 0 Å². The predicted octanol–water partition coefficient (Wildman–Crippen LogP) is 4.20. The number of phenolic OH excluding ortho intramolecular Hbond substituents is 1.